The molecule has 0 fully saturated rings. The minimum Gasteiger partial charge on any atom is -0.508 e. The number of allylic oxidation sites excluding steroid dienone is 2. The van der Waals surface area contributed by atoms with Crippen molar-refractivity contribution in [2.24, 2.45) is 5.92 Å². The van der Waals surface area contributed by atoms with Crippen LogP contribution in [-0.4, -0.2) is 17.7 Å². The number of phenolic OH excluding ortho intramolecular Hbond substituents is 1. The van der Waals surface area contributed by atoms with E-state index < -0.39 is 0 Å². The van der Waals surface area contributed by atoms with Crippen molar-refractivity contribution in [3.63, 3.8) is 0 Å². The molecule has 4 heteroatoms. The summed E-state index contributed by atoms with van der Waals surface area (Å²) in [5.74, 6) is 0.132. The van der Waals surface area contributed by atoms with Gasteiger partial charge in [0.25, 0.3) is 0 Å². The molecule has 20 heavy (non-hydrogen) atoms. The second kappa shape index (κ2) is 13.2. The SMILES string of the molecule is [CH2-]Cc1ccc(O)cc1.[CH2-][C@H](CC=O)/C(C=O)=C\C.[Y]. The van der Waals surface area contributed by atoms with Crippen LogP contribution in [0.1, 0.15) is 18.9 Å². The second-order valence-corrected chi connectivity index (χ2v) is 3.92. The van der Waals surface area contributed by atoms with Gasteiger partial charge in [0.1, 0.15) is 18.3 Å². The Kier molecular flexibility index (Phi) is 14.2. The summed E-state index contributed by atoms with van der Waals surface area (Å²) < 4.78 is 0. The van der Waals surface area contributed by atoms with Gasteiger partial charge >= 0.3 is 0 Å². The van der Waals surface area contributed by atoms with E-state index >= 15 is 0 Å². The van der Waals surface area contributed by atoms with E-state index in [1.165, 1.54) is 0 Å². The maximum absolute atomic E-state index is 10.2. The van der Waals surface area contributed by atoms with E-state index in [0.29, 0.717) is 17.7 Å². The van der Waals surface area contributed by atoms with Crippen LogP contribution in [0.2, 0.25) is 0 Å². The van der Waals surface area contributed by atoms with Crippen LogP contribution < -0.4 is 0 Å². The monoisotopic (exact) mass is 349 g/mol. The summed E-state index contributed by atoms with van der Waals surface area (Å²) >= 11 is 0. The van der Waals surface area contributed by atoms with Crippen molar-refractivity contribution in [2.75, 3.05) is 0 Å². The maximum Gasteiger partial charge on any atom is 0.143 e. The Morgan fingerprint density at radius 2 is 1.85 bits per heavy atom. The summed E-state index contributed by atoms with van der Waals surface area (Å²) in [6, 6.07) is 7.06. The molecule has 0 aliphatic heterocycles. The predicted octanol–water partition coefficient (Wildman–Crippen LogP) is 2.94. The van der Waals surface area contributed by atoms with Crippen LogP contribution in [0.15, 0.2) is 35.9 Å². The summed E-state index contributed by atoms with van der Waals surface area (Å²) in [5.41, 5.74) is 1.74. The first-order valence-electron chi connectivity index (χ1n) is 6.04. The number of carbonyl (C=O) groups is 2. The van der Waals surface area contributed by atoms with Crippen molar-refractivity contribution in [3.05, 3.63) is 55.3 Å². The average molecular weight is 349 g/mol. The molecule has 0 aliphatic rings. The van der Waals surface area contributed by atoms with E-state index in [0.717, 1.165) is 24.6 Å². The standard InChI is InChI=1S/C8H11O2.C8H9O.Y/c1-3-8(6-10)7(2)4-5-9;1-2-7-3-5-8(9)6-4-7;/h3,5-7H,2,4H2,1H3;3-6,9H,1-2H2;/q2*-1;/b8-3-;;/t7-;;/m1../s1. The normalized spacial score (nSPS) is 11.4. The van der Waals surface area contributed by atoms with E-state index in [9.17, 15) is 9.59 Å². The number of benzene rings is 1. The van der Waals surface area contributed by atoms with Crippen LogP contribution in [-0.2, 0) is 48.7 Å². The molecular formula is C16H20O3Y-2. The predicted molar refractivity (Wildman–Crippen MR) is 76.5 cm³/mol. The smallest absolute Gasteiger partial charge is 0.143 e. The van der Waals surface area contributed by atoms with Crippen molar-refractivity contribution in [1.82, 2.24) is 0 Å². The van der Waals surface area contributed by atoms with Gasteiger partial charge in [0.2, 0.25) is 0 Å². The molecule has 1 radical (unpaired) electrons. The van der Waals surface area contributed by atoms with Gasteiger partial charge in [-0.1, -0.05) is 23.8 Å². The topological polar surface area (TPSA) is 54.4 Å². The minimum absolute atomic E-state index is 0. The third-order valence-electron chi connectivity index (χ3n) is 2.55. The van der Waals surface area contributed by atoms with Gasteiger partial charge in [0.15, 0.2) is 0 Å². The molecule has 0 spiro atoms. The molecule has 1 rings (SSSR count). The molecular weight excluding hydrogens is 329 g/mol. The van der Waals surface area contributed by atoms with E-state index in [2.05, 4.69) is 13.8 Å². The van der Waals surface area contributed by atoms with Crippen molar-refractivity contribution in [2.45, 2.75) is 19.8 Å². The zero-order valence-electron chi connectivity index (χ0n) is 11.8. The number of phenols is 1. The molecule has 0 amide bonds. The quantitative estimate of drug-likeness (QED) is 0.505. The molecule has 0 aromatic heterocycles. The molecule has 0 saturated heterocycles. The van der Waals surface area contributed by atoms with E-state index in [1.807, 2.05) is 12.1 Å². The Bertz CT molecular complexity index is 410. The number of aromatic hydroxyl groups is 1. The third kappa shape index (κ3) is 9.16. The fraction of sp³-hybridized carbons (Fsp3) is 0.250. The first kappa shape index (κ1) is 21.5. The first-order valence-corrected chi connectivity index (χ1v) is 6.04. The average Bonchev–Trinajstić information content (AvgIpc) is 2.42. The molecule has 1 aromatic carbocycles. The summed E-state index contributed by atoms with van der Waals surface area (Å²) in [7, 11) is 0. The van der Waals surface area contributed by atoms with Crippen LogP contribution in [0.3, 0.4) is 0 Å². The molecule has 1 atom stereocenters. The van der Waals surface area contributed by atoms with E-state index in [4.69, 9.17) is 5.11 Å². The molecule has 0 bridgehead atoms. The zero-order chi connectivity index (χ0) is 14.7. The Morgan fingerprint density at radius 3 is 2.20 bits per heavy atom. The second-order valence-electron chi connectivity index (χ2n) is 3.92. The number of hydrogen-bond acceptors (Lipinski definition) is 3. The van der Waals surface area contributed by atoms with Gasteiger partial charge < -0.3 is 23.7 Å². The van der Waals surface area contributed by atoms with Gasteiger partial charge in [-0.15, -0.1) is 5.92 Å². The Labute approximate surface area is 146 Å². The first-order chi connectivity index (χ1) is 9.08. The zero-order valence-corrected chi connectivity index (χ0v) is 14.6. The summed E-state index contributed by atoms with van der Waals surface area (Å²) in [5, 5.41) is 8.83. The van der Waals surface area contributed by atoms with Crippen molar-refractivity contribution >= 4 is 12.6 Å². The number of hydrogen-bond donors (Lipinski definition) is 1. The number of aldehydes is 2. The van der Waals surface area contributed by atoms with Crippen molar-refractivity contribution in [3.8, 4) is 5.75 Å². The fourth-order valence-electron chi connectivity index (χ4n) is 1.31. The van der Waals surface area contributed by atoms with E-state index in [-0.39, 0.29) is 38.6 Å². The third-order valence-corrected chi connectivity index (χ3v) is 2.55. The number of rotatable bonds is 5. The fourth-order valence-corrected chi connectivity index (χ4v) is 1.31. The summed E-state index contributed by atoms with van der Waals surface area (Å²) in [6.07, 6.45) is 4.28. The minimum atomic E-state index is -0.181. The van der Waals surface area contributed by atoms with Gasteiger partial charge in [-0.25, -0.2) is 0 Å². The van der Waals surface area contributed by atoms with E-state index in [1.54, 1.807) is 25.1 Å². The molecule has 0 saturated carbocycles. The van der Waals surface area contributed by atoms with Crippen molar-refractivity contribution < 1.29 is 47.4 Å². The van der Waals surface area contributed by atoms with Gasteiger partial charge in [0.05, 0.1) is 0 Å². The largest absolute Gasteiger partial charge is 0.508 e. The van der Waals surface area contributed by atoms with Crippen LogP contribution in [0.4, 0.5) is 0 Å². The number of carbonyl (C=O) groups excluding carboxylic acids is 2. The molecule has 3 nitrogen and oxygen atoms in total. The van der Waals surface area contributed by atoms with Gasteiger partial charge in [-0.2, -0.15) is 6.42 Å². The Hall–Kier alpha value is -0.796. The molecule has 107 valence electrons. The Balaban J connectivity index is 0. The van der Waals surface area contributed by atoms with Crippen LogP contribution in [0.5, 0.6) is 5.75 Å². The van der Waals surface area contributed by atoms with Crippen molar-refractivity contribution in [1.29, 1.82) is 0 Å². The Morgan fingerprint density at radius 1 is 1.30 bits per heavy atom. The summed E-state index contributed by atoms with van der Waals surface area (Å²) in [6.45, 7) is 9.10. The van der Waals surface area contributed by atoms with Gasteiger partial charge in [-0.3, -0.25) is 4.79 Å². The molecule has 0 heterocycles. The summed E-state index contributed by atoms with van der Waals surface area (Å²) in [4.78, 5) is 20.2. The molecule has 0 aliphatic carbocycles. The van der Waals surface area contributed by atoms with Gasteiger partial charge in [-0.05, 0) is 31.1 Å². The molecule has 1 N–H and O–H groups in total. The van der Waals surface area contributed by atoms with Crippen LogP contribution in [0, 0.1) is 19.8 Å². The molecule has 1 aromatic rings. The van der Waals surface area contributed by atoms with Crippen LogP contribution >= 0.6 is 0 Å². The maximum atomic E-state index is 10.2. The van der Waals surface area contributed by atoms with Gasteiger partial charge in [0, 0.05) is 32.7 Å². The van der Waals surface area contributed by atoms with Crippen LogP contribution in [0.25, 0.3) is 0 Å². The molecule has 0 unspecified atom stereocenters.